The molecule has 5 unspecified atom stereocenters. The van der Waals surface area contributed by atoms with Crippen LogP contribution in [0.1, 0.15) is 62.3 Å². The molecule has 1 aromatic carbocycles. The molecule has 5 rings (SSSR count). The second-order valence-corrected chi connectivity index (χ2v) is 9.45. The number of benzene rings is 1. The number of fused-ring (bicyclic) bond motifs is 5. The third-order valence-electron chi connectivity index (χ3n) is 8.12. The van der Waals surface area contributed by atoms with Gasteiger partial charge >= 0.3 is 0 Å². The zero-order valence-corrected chi connectivity index (χ0v) is 17.8. The van der Waals surface area contributed by atoms with Crippen molar-refractivity contribution in [3.05, 3.63) is 52.9 Å². The van der Waals surface area contributed by atoms with Gasteiger partial charge in [-0.1, -0.05) is 13.0 Å². The Balaban J connectivity index is 1.45. The molecule has 1 heterocycles. The number of aliphatic hydroxyl groups is 1. The number of ether oxygens (including phenoxy) is 1. The second-order valence-electron chi connectivity index (χ2n) is 9.45. The first-order chi connectivity index (χ1) is 14.0. The Labute approximate surface area is 173 Å². The summed E-state index contributed by atoms with van der Waals surface area (Å²) in [5, 5.41) is 15.9. The minimum absolute atomic E-state index is 0.00963. The number of aryl methyl sites for hydroxylation is 2. The summed E-state index contributed by atoms with van der Waals surface area (Å²) in [5.41, 5.74) is 5.14. The van der Waals surface area contributed by atoms with Crippen LogP contribution in [0.2, 0.25) is 0 Å². The van der Waals surface area contributed by atoms with Crippen molar-refractivity contribution in [2.24, 2.45) is 17.3 Å². The first-order valence-corrected chi connectivity index (χ1v) is 11.1. The van der Waals surface area contributed by atoms with E-state index in [-0.39, 0.29) is 11.5 Å². The molecule has 0 saturated heterocycles. The highest BCUT2D eigenvalue weighted by molar-refractivity contribution is 5.52. The van der Waals surface area contributed by atoms with Crippen LogP contribution in [0.25, 0.3) is 6.08 Å². The number of nitrogens with zero attached hydrogens (tertiary/aromatic N) is 2. The molecule has 0 radical (unpaired) electrons. The van der Waals surface area contributed by atoms with Gasteiger partial charge in [-0.2, -0.15) is 5.10 Å². The fourth-order valence-corrected chi connectivity index (χ4v) is 6.50. The summed E-state index contributed by atoms with van der Waals surface area (Å²) in [6.45, 7) is 5.30. The van der Waals surface area contributed by atoms with Crippen LogP contribution < -0.4 is 4.74 Å². The van der Waals surface area contributed by atoms with E-state index in [4.69, 9.17) is 4.74 Å². The van der Waals surface area contributed by atoms with Crippen LogP contribution in [0.15, 0.2) is 36.0 Å². The zero-order chi connectivity index (χ0) is 20.2. The number of hydrogen-bond donors (Lipinski definition) is 1. The summed E-state index contributed by atoms with van der Waals surface area (Å²) < 4.78 is 7.40. The van der Waals surface area contributed by atoms with Crippen LogP contribution in [-0.4, -0.2) is 28.1 Å². The van der Waals surface area contributed by atoms with E-state index in [2.05, 4.69) is 49.3 Å². The van der Waals surface area contributed by atoms with E-state index < -0.39 is 0 Å². The summed E-state index contributed by atoms with van der Waals surface area (Å²) in [4.78, 5) is 0. The molecule has 2 aromatic rings. The number of rotatable bonds is 3. The van der Waals surface area contributed by atoms with Gasteiger partial charge in [-0.05, 0) is 97.8 Å². The molecule has 29 heavy (non-hydrogen) atoms. The van der Waals surface area contributed by atoms with Gasteiger partial charge in [0.25, 0.3) is 0 Å². The van der Waals surface area contributed by atoms with E-state index in [1.807, 2.05) is 10.9 Å². The van der Waals surface area contributed by atoms with E-state index in [0.717, 1.165) is 37.3 Å². The molecule has 0 aliphatic heterocycles. The molecular formula is C25H32N2O2. The lowest BCUT2D eigenvalue weighted by atomic mass is 9.55. The predicted octanol–water partition coefficient (Wildman–Crippen LogP) is 4.82. The fourth-order valence-electron chi connectivity index (χ4n) is 6.50. The highest BCUT2D eigenvalue weighted by Crippen LogP contribution is 2.62. The van der Waals surface area contributed by atoms with Crippen molar-refractivity contribution in [1.82, 2.24) is 9.78 Å². The van der Waals surface area contributed by atoms with Crippen LogP contribution in [0.5, 0.6) is 5.75 Å². The van der Waals surface area contributed by atoms with Gasteiger partial charge < -0.3 is 9.84 Å². The van der Waals surface area contributed by atoms with Crippen LogP contribution in [0, 0.1) is 17.3 Å². The first kappa shape index (κ1) is 18.9. The summed E-state index contributed by atoms with van der Waals surface area (Å²) in [5.74, 6) is 2.79. The van der Waals surface area contributed by atoms with Crippen molar-refractivity contribution < 1.29 is 9.84 Å². The lowest BCUT2D eigenvalue weighted by molar-refractivity contribution is -0.0158. The topological polar surface area (TPSA) is 47.3 Å². The summed E-state index contributed by atoms with van der Waals surface area (Å²) in [6, 6.07) is 8.71. The quantitative estimate of drug-likeness (QED) is 0.814. The molecule has 1 aromatic heterocycles. The third kappa shape index (κ3) is 2.95. The van der Waals surface area contributed by atoms with Crippen molar-refractivity contribution >= 4 is 6.08 Å². The summed E-state index contributed by atoms with van der Waals surface area (Å²) in [6.07, 6.45) is 9.42. The summed E-state index contributed by atoms with van der Waals surface area (Å²) in [7, 11) is 1.75. The molecule has 4 heteroatoms. The van der Waals surface area contributed by atoms with E-state index in [1.54, 1.807) is 7.11 Å². The minimum Gasteiger partial charge on any atom is -0.497 e. The summed E-state index contributed by atoms with van der Waals surface area (Å²) >= 11 is 0. The maximum atomic E-state index is 11.3. The van der Waals surface area contributed by atoms with Crippen molar-refractivity contribution in [1.29, 1.82) is 0 Å². The Bertz CT molecular complexity index is 946. The van der Waals surface area contributed by atoms with Crippen molar-refractivity contribution in [2.75, 3.05) is 7.11 Å². The fraction of sp³-hybridized carbons (Fsp3) is 0.560. The largest absolute Gasteiger partial charge is 0.497 e. The monoisotopic (exact) mass is 392 g/mol. The SMILES string of the molecule is CCn1ccc(C=C2CC3C4CCc5cc(OC)ccc5C4CCC3(C)C2O)n1. The molecule has 3 aliphatic rings. The molecule has 3 aliphatic carbocycles. The molecule has 4 nitrogen and oxygen atoms in total. The molecule has 0 spiro atoms. The smallest absolute Gasteiger partial charge is 0.119 e. The number of methoxy groups -OCH3 is 1. The lowest BCUT2D eigenvalue weighted by Crippen LogP contribution is -2.44. The normalized spacial score (nSPS) is 34.6. The number of aromatic nitrogens is 2. The van der Waals surface area contributed by atoms with Crippen LogP contribution in [0.3, 0.4) is 0 Å². The zero-order valence-electron chi connectivity index (χ0n) is 17.8. The van der Waals surface area contributed by atoms with Gasteiger partial charge in [0.2, 0.25) is 0 Å². The maximum Gasteiger partial charge on any atom is 0.119 e. The van der Waals surface area contributed by atoms with Crippen LogP contribution in [-0.2, 0) is 13.0 Å². The molecule has 2 saturated carbocycles. The third-order valence-corrected chi connectivity index (χ3v) is 8.12. The minimum atomic E-state index is -0.350. The van der Waals surface area contributed by atoms with Gasteiger partial charge in [-0.25, -0.2) is 0 Å². The van der Waals surface area contributed by atoms with Gasteiger partial charge in [-0.3, -0.25) is 4.68 Å². The first-order valence-electron chi connectivity index (χ1n) is 11.1. The number of aliphatic hydroxyl groups excluding tert-OH is 1. The van der Waals surface area contributed by atoms with Crippen molar-refractivity contribution in [2.45, 2.75) is 64.5 Å². The molecule has 0 bridgehead atoms. The highest BCUT2D eigenvalue weighted by atomic mass is 16.5. The Kier molecular flexibility index (Phi) is 4.58. The Hall–Kier alpha value is -2.07. The van der Waals surface area contributed by atoms with Gasteiger partial charge in [0.1, 0.15) is 5.75 Å². The van der Waals surface area contributed by atoms with Crippen molar-refractivity contribution in [3.8, 4) is 5.75 Å². The molecule has 5 atom stereocenters. The molecule has 154 valence electrons. The maximum absolute atomic E-state index is 11.3. The lowest BCUT2D eigenvalue weighted by Gasteiger charge is -2.49. The Morgan fingerprint density at radius 2 is 2.17 bits per heavy atom. The van der Waals surface area contributed by atoms with Crippen molar-refractivity contribution in [3.63, 3.8) is 0 Å². The van der Waals surface area contributed by atoms with Crippen LogP contribution >= 0.6 is 0 Å². The van der Waals surface area contributed by atoms with E-state index in [1.165, 1.54) is 29.5 Å². The Morgan fingerprint density at radius 1 is 1.31 bits per heavy atom. The standard InChI is InChI=1S/C25H32N2O2/c1-4-27-12-10-18(26-27)13-17-15-23-22-7-5-16-14-19(29-3)6-8-20(16)21(22)9-11-25(23,2)24(17)28/h6,8,10,12-14,21-24,28H,4-5,7,9,11,15H2,1-3H3. The van der Waals surface area contributed by atoms with E-state index in [9.17, 15) is 5.11 Å². The average Bonchev–Trinajstić information content (AvgIpc) is 3.30. The van der Waals surface area contributed by atoms with Crippen LogP contribution in [0.4, 0.5) is 0 Å². The number of hydrogen-bond acceptors (Lipinski definition) is 3. The second kappa shape index (κ2) is 7.02. The van der Waals surface area contributed by atoms with Gasteiger partial charge in [0.15, 0.2) is 0 Å². The molecule has 1 N–H and O–H groups in total. The van der Waals surface area contributed by atoms with Gasteiger partial charge in [0.05, 0.1) is 18.9 Å². The molecule has 0 amide bonds. The molecule has 2 fully saturated rings. The highest BCUT2D eigenvalue weighted by Gasteiger charge is 2.56. The average molecular weight is 393 g/mol. The molecular weight excluding hydrogens is 360 g/mol. The van der Waals surface area contributed by atoms with Gasteiger partial charge in [-0.15, -0.1) is 0 Å². The van der Waals surface area contributed by atoms with Gasteiger partial charge in [0, 0.05) is 18.2 Å². The van der Waals surface area contributed by atoms with E-state index >= 15 is 0 Å². The Morgan fingerprint density at radius 3 is 2.93 bits per heavy atom. The van der Waals surface area contributed by atoms with E-state index in [0.29, 0.717) is 17.8 Å². The predicted molar refractivity (Wildman–Crippen MR) is 115 cm³/mol.